The van der Waals surface area contributed by atoms with E-state index < -0.39 is 5.41 Å². The van der Waals surface area contributed by atoms with Crippen LogP contribution in [0.15, 0.2) is 273 Å². The summed E-state index contributed by atoms with van der Waals surface area (Å²) in [5.74, 6) is 2.77. The van der Waals surface area contributed by atoms with Crippen molar-refractivity contribution >= 4 is 17.1 Å². The third-order valence-electron chi connectivity index (χ3n) is 14.0. The van der Waals surface area contributed by atoms with Gasteiger partial charge in [0.1, 0.15) is 0 Å². The second kappa shape index (κ2) is 17.2. The number of ether oxygens (including phenoxy) is 2. The van der Waals surface area contributed by atoms with E-state index in [1.807, 2.05) is 6.07 Å². The fraction of sp³-hybridized carbons (Fsp3) is 0.0149. The maximum atomic E-state index is 7.06. The normalized spacial score (nSPS) is 12.6. The first-order valence-corrected chi connectivity index (χ1v) is 23.9. The molecule has 13 rings (SSSR count). The van der Waals surface area contributed by atoms with Gasteiger partial charge in [-0.15, -0.1) is 0 Å². The van der Waals surface area contributed by atoms with Gasteiger partial charge < -0.3 is 14.4 Å². The second-order valence-corrected chi connectivity index (χ2v) is 18.0. The zero-order valence-corrected chi connectivity index (χ0v) is 38.2. The number of para-hydroxylation sites is 2. The molecule has 0 aromatic heterocycles. The van der Waals surface area contributed by atoms with E-state index in [1.165, 1.54) is 38.9 Å². The van der Waals surface area contributed by atoms with Crippen LogP contribution in [-0.2, 0) is 5.41 Å². The molecular weight excluding hydrogens is 851 g/mol. The van der Waals surface area contributed by atoms with Crippen LogP contribution in [0.5, 0.6) is 23.0 Å². The van der Waals surface area contributed by atoms with Crippen molar-refractivity contribution in [2.45, 2.75) is 5.41 Å². The van der Waals surface area contributed by atoms with E-state index in [2.05, 4.69) is 272 Å². The van der Waals surface area contributed by atoms with E-state index in [9.17, 15) is 0 Å². The zero-order valence-electron chi connectivity index (χ0n) is 38.2. The molecule has 0 atom stereocenters. The van der Waals surface area contributed by atoms with Gasteiger partial charge in [0.15, 0.2) is 23.0 Å². The number of hydrogen-bond acceptors (Lipinski definition) is 3. The third kappa shape index (κ3) is 6.98. The Morgan fingerprint density at radius 3 is 1.43 bits per heavy atom. The molecule has 1 aliphatic heterocycles. The summed E-state index contributed by atoms with van der Waals surface area (Å²) < 4.78 is 14.0. The van der Waals surface area contributed by atoms with Gasteiger partial charge >= 0.3 is 0 Å². The number of anilines is 3. The van der Waals surface area contributed by atoms with Gasteiger partial charge in [0.25, 0.3) is 0 Å². The maximum Gasteiger partial charge on any atom is 0.177 e. The summed E-state index contributed by atoms with van der Waals surface area (Å²) in [6.45, 7) is 0. The predicted molar refractivity (Wildman–Crippen MR) is 287 cm³/mol. The van der Waals surface area contributed by atoms with Gasteiger partial charge in [-0.25, -0.2) is 0 Å². The maximum absolute atomic E-state index is 7.06. The van der Waals surface area contributed by atoms with Gasteiger partial charge in [0.2, 0.25) is 0 Å². The van der Waals surface area contributed by atoms with Gasteiger partial charge in [0.05, 0.1) is 5.41 Å². The minimum Gasteiger partial charge on any atom is -0.449 e. The van der Waals surface area contributed by atoms with Crippen molar-refractivity contribution in [3.63, 3.8) is 0 Å². The van der Waals surface area contributed by atoms with Gasteiger partial charge in [-0.05, 0) is 139 Å². The van der Waals surface area contributed by atoms with Crippen molar-refractivity contribution in [2.75, 3.05) is 4.90 Å². The lowest BCUT2D eigenvalue weighted by molar-refractivity contribution is 0.360. The van der Waals surface area contributed by atoms with E-state index in [4.69, 9.17) is 9.47 Å². The Morgan fingerprint density at radius 2 is 0.743 bits per heavy atom. The smallest absolute Gasteiger partial charge is 0.177 e. The number of benzene rings is 11. The Labute approximate surface area is 408 Å². The molecule has 0 bridgehead atoms. The number of rotatable bonds is 9. The zero-order chi connectivity index (χ0) is 46.4. The molecule has 0 spiro atoms. The predicted octanol–water partition coefficient (Wildman–Crippen LogP) is 18.1. The highest BCUT2D eigenvalue weighted by atomic mass is 16.6. The Morgan fingerprint density at radius 1 is 0.257 bits per heavy atom. The minimum absolute atomic E-state index is 0.543. The van der Waals surface area contributed by atoms with Crippen LogP contribution in [0, 0.1) is 0 Å². The lowest BCUT2D eigenvalue weighted by atomic mass is 9.67. The molecule has 0 amide bonds. The highest BCUT2D eigenvalue weighted by Gasteiger charge is 2.47. The lowest BCUT2D eigenvalue weighted by Gasteiger charge is -2.34. The average molecular weight is 896 g/mol. The first-order chi connectivity index (χ1) is 34.7. The van der Waals surface area contributed by atoms with Gasteiger partial charge in [0, 0.05) is 22.6 Å². The van der Waals surface area contributed by atoms with E-state index in [-0.39, 0.29) is 0 Å². The minimum atomic E-state index is -0.543. The molecule has 2 aliphatic rings. The Bertz CT molecular complexity index is 3650. The summed E-state index contributed by atoms with van der Waals surface area (Å²) in [5.41, 5.74) is 18.6. The van der Waals surface area contributed by atoms with Crippen molar-refractivity contribution in [2.24, 2.45) is 0 Å². The quantitative estimate of drug-likeness (QED) is 0.144. The van der Waals surface area contributed by atoms with Crippen LogP contribution in [0.2, 0.25) is 0 Å². The van der Waals surface area contributed by atoms with Crippen molar-refractivity contribution in [1.82, 2.24) is 0 Å². The van der Waals surface area contributed by atoms with Crippen LogP contribution in [-0.4, -0.2) is 0 Å². The Balaban J connectivity index is 0.909. The van der Waals surface area contributed by atoms with Crippen LogP contribution in [0.3, 0.4) is 0 Å². The molecule has 3 nitrogen and oxygen atoms in total. The molecule has 0 fully saturated rings. The third-order valence-corrected chi connectivity index (χ3v) is 14.0. The second-order valence-electron chi connectivity index (χ2n) is 18.0. The summed E-state index contributed by atoms with van der Waals surface area (Å²) in [6.07, 6.45) is 0. The first kappa shape index (κ1) is 41.0. The van der Waals surface area contributed by atoms with Crippen LogP contribution < -0.4 is 14.4 Å². The first-order valence-electron chi connectivity index (χ1n) is 23.9. The molecule has 3 heteroatoms. The molecule has 0 unspecified atom stereocenters. The molecule has 0 saturated carbocycles. The summed E-state index contributed by atoms with van der Waals surface area (Å²) in [4.78, 5) is 2.35. The Kier molecular flexibility index (Phi) is 10.1. The molecule has 11 aromatic carbocycles. The number of hydrogen-bond donors (Lipinski definition) is 0. The van der Waals surface area contributed by atoms with E-state index in [1.54, 1.807) is 0 Å². The van der Waals surface area contributed by atoms with Crippen molar-refractivity contribution < 1.29 is 9.47 Å². The van der Waals surface area contributed by atoms with Gasteiger partial charge in [-0.1, -0.05) is 206 Å². The molecule has 1 aliphatic carbocycles. The van der Waals surface area contributed by atoms with E-state index >= 15 is 0 Å². The van der Waals surface area contributed by atoms with Crippen LogP contribution in [0.1, 0.15) is 22.3 Å². The monoisotopic (exact) mass is 895 g/mol. The molecule has 0 radical (unpaired) electrons. The summed E-state index contributed by atoms with van der Waals surface area (Å²) in [6, 6.07) is 97.5. The van der Waals surface area contributed by atoms with Crippen molar-refractivity contribution in [3.8, 4) is 78.6 Å². The van der Waals surface area contributed by atoms with Gasteiger partial charge in [-0.3, -0.25) is 0 Å². The fourth-order valence-electron chi connectivity index (χ4n) is 10.8. The molecule has 330 valence electrons. The number of fused-ring (bicyclic) bond motifs is 5. The standard InChI is InChI=1S/C67H45NO2/c1-6-20-46(21-7-1)48-36-38-56(39-37-48)68(55-30-14-5-15-31-55)57-42-51(47-22-8-2-9-23-47)41-52(43-57)49-24-18-25-50(40-49)58-33-19-35-63-66(58)70-64-44-60-59-32-16-17-34-61(59)67(53-26-10-3-11-27-53,54-28-12-4-13-29-54)62(60)45-65(64)69-63/h1-45H. The molecule has 11 aromatic rings. The molecule has 70 heavy (non-hydrogen) atoms. The molecule has 0 N–H and O–H groups in total. The van der Waals surface area contributed by atoms with Crippen LogP contribution >= 0.6 is 0 Å². The summed E-state index contributed by atoms with van der Waals surface area (Å²) in [5, 5.41) is 0. The van der Waals surface area contributed by atoms with Crippen molar-refractivity contribution in [1.29, 1.82) is 0 Å². The summed E-state index contributed by atoms with van der Waals surface area (Å²) >= 11 is 0. The highest BCUT2D eigenvalue weighted by Crippen LogP contribution is 2.60. The largest absolute Gasteiger partial charge is 0.449 e. The van der Waals surface area contributed by atoms with E-state index in [0.717, 1.165) is 56.0 Å². The van der Waals surface area contributed by atoms with Crippen LogP contribution in [0.25, 0.3) is 55.6 Å². The molecule has 0 saturated heterocycles. The topological polar surface area (TPSA) is 21.7 Å². The molecular formula is C67H45NO2. The molecule has 1 heterocycles. The highest BCUT2D eigenvalue weighted by molar-refractivity contribution is 5.90. The summed E-state index contributed by atoms with van der Waals surface area (Å²) in [7, 11) is 0. The average Bonchev–Trinajstić information content (AvgIpc) is 3.72. The van der Waals surface area contributed by atoms with E-state index in [0.29, 0.717) is 23.0 Å². The van der Waals surface area contributed by atoms with Crippen molar-refractivity contribution in [3.05, 3.63) is 295 Å². The SMILES string of the molecule is c1ccc(-c2ccc(N(c3ccccc3)c3cc(-c4ccccc4)cc(-c4cccc(-c5cccc6c5Oc5cc7c(cc5O6)C(c5ccccc5)(c5ccccc5)c5ccccc5-7)c4)c3)cc2)cc1. The fourth-order valence-corrected chi connectivity index (χ4v) is 10.8. The Hall–Kier alpha value is -9.18. The van der Waals surface area contributed by atoms with Crippen LogP contribution in [0.4, 0.5) is 17.1 Å². The number of nitrogens with zero attached hydrogens (tertiary/aromatic N) is 1. The van der Waals surface area contributed by atoms with Gasteiger partial charge in [-0.2, -0.15) is 0 Å². The lowest BCUT2D eigenvalue weighted by Crippen LogP contribution is -2.28.